The van der Waals surface area contributed by atoms with Crippen LogP contribution < -0.4 is 5.19 Å². The van der Waals surface area contributed by atoms with E-state index in [9.17, 15) is 0 Å². The van der Waals surface area contributed by atoms with Gasteiger partial charge in [0.05, 0.1) is 36.2 Å². The fourth-order valence-electron chi connectivity index (χ4n) is 6.63. The first-order chi connectivity index (χ1) is 24.2. The molecule has 4 aromatic heterocycles. The van der Waals surface area contributed by atoms with E-state index in [1.165, 1.54) is 10.8 Å². The largest absolute Gasteiger partial charge is 0.486 e. The summed E-state index contributed by atoms with van der Waals surface area (Å²) in [5.74, 6) is 1.53. The molecule has 4 aromatic carbocycles. The minimum Gasteiger partial charge on any atom is -0.486 e. The molecule has 0 amide bonds. The van der Waals surface area contributed by atoms with E-state index in [-0.39, 0.29) is 20.1 Å². The summed E-state index contributed by atoms with van der Waals surface area (Å²) in [5, 5.41) is 3.52. The Labute approximate surface area is 315 Å². The van der Waals surface area contributed by atoms with Gasteiger partial charge in [0.1, 0.15) is 0 Å². The number of fused-ring (bicyclic) bond motifs is 4. The number of rotatable bonds is 7. The Kier molecular flexibility index (Phi) is 10.8. The fourth-order valence-corrected chi connectivity index (χ4v) is 8.21. The van der Waals surface area contributed by atoms with Crippen LogP contribution >= 0.6 is 0 Å². The Hall–Kier alpha value is -4.68. The number of imidazole rings is 1. The number of furan rings is 1. The minimum absolute atomic E-state index is 0. The first kappa shape index (κ1) is 36.1. The molecule has 51 heavy (non-hydrogen) atoms. The average molecular weight is 863 g/mol. The topological polar surface area (TPSA) is 56.7 Å². The summed E-state index contributed by atoms with van der Waals surface area (Å²) < 4.78 is 8.50. The summed E-state index contributed by atoms with van der Waals surface area (Å²) in [6, 6.07) is 43.4. The molecule has 0 saturated heterocycles. The van der Waals surface area contributed by atoms with Crippen molar-refractivity contribution in [2.45, 2.75) is 53.4 Å². The van der Waals surface area contributed by atoms with Crippen LogP contribution in [0.3, 0.4) is 0 Å². The summed E-state index contributed by atoms with van der Waals surface area (Å²) in [4.78, 5) is 14.4. The van der Waals surface area contributed by atoms with Crippen molar-refractivity contribution >= 4 is 46.4 Å². The molecule has 0 aliphatic carbocycles. The summed E-state index contributed by atoms with van der Waals surface area (Å²) in [6.07, 6.45) is 3.24. The van der Waals surface area contributed by atoms with Crippen LogP contribution in [0, 0.1) is 18.1 Å². The third-order valence-electron chi connectivity index (χ3n) is 8.97. The molecule has 0 atom stereocenters. The van der Waals surface area contributed by atoms with Crippen LogP contribution in [0.2, 0.25) is 19.6 Å². The Balaban J connectivity index is 0.000000188. The number of nitrogens with zero attached hydrogens (tertiary/aromatic N) is 4. The number of aromatic nitrogens is 4. The fraction of sp³-hybridized carbons (Fsp3) is 0.205. The zero-order valence-corrected chi connectivity index (χ0v) is 33.4. The minimum atomic E-state index is -1.34. The van der Waals surface area contributed by atoms with Crippen LogP contribution in [0.5, 0.6) is 0 Å². The molecule has 4 heterocycles. The molecule has 1 radical (unpaired) electrons. The maximum absolute atomic E-state index is 6.30. The Bertz CT molecular complexity index is 2410. The first-order valence-corrected chi connectivity index (χ1v) is 20.9. The van der Waals surface area contributed by atoms with Crippen molar-refractivity contribution in [1.82, 2.24) is 19.5 Å². The van der Waals surface area contributed by atoms with Gasteiger partial charge in [-0.15, -0.1) is 54.1 Å². The number of aryl methyl sites for hydroxylation is 1. The molecular weight excluding hydrogens is 821 g/mol. The van der Waals surface area contributed by atoms with E-state index < -0.39 is 8.07 Å². The van der Waals surface area contributed by atoms with Crippen molar-refractivity contribution in [3.8, 4) is 33.9 Å². The molecule has 0 aliphatic rings. The maximum atomic E-state index is 6.30. The zero-order valence-electron chi connectivity index (χ0n) is 30.0. The van der Waals surface area contributed by atoms with Gasteiger partial charge in [-0.05, 0) is 54.4 Å². The van der Waals surface area contributed by atoms with Gasteiger partial charge in [-0.2, -0.15) is 0 Å². The normalized spacial score (nSPS) is 11.5. The van der Waals surface area contributed by atoms with E-state index in [4.69, 9.17) is 14.4 Å². The van der Waals surface area contributed by atoms with Crippen LogP contribution in [-0.4, -0.2) is 27.6 Å². The Morgan fingerprint density at radius 2 is 1.55 bits per heavy atom. The van der Waals surface area contributed by atoms with Gasteiger partial charge in [-0.3, -0.25) is 4.98 Å². The van der Waals surface area contributed by atoms with Gasteiger partial charge in [-0.25, -0.2) is 4.98 Å². The molecule has 0 unspecified atom stereocenters. The monoisotopic (exact) mass is 863 g/mol. The predicted molar refractivity (Wildman–Crippen MR) is 210 cm³/mol. The predicted octanol–water partition coefficient (Wildman–Crippen LogP) is 10.8. The van der Waals surface area contributed by atoms with Gasteiger partial charge in [0.2, 0.25) is 5.71 Å². The number of hydrogen-bond donors (Lipinski definition) is 0. The molecular formula is C44H42IrN4OSi-2. The second-order valence-electron chi connectivity index (χ2n) is 14.1. The number of benzene rings is 4. The summed E-state index contributed by atoms with van der Waals surface area (Å²) in [6.45, 7) is 14.7. The maximum Gasteiger partial charge on any atom is 0.216 e. The third kappa shape index (κ3) is 7.52. The molecule has 7 heteroatoms. The van der Waals surface area contributed by atoms with Crippen molar-refractivity contribution in [2.75, 3.05) is 0 Å². The molecule has 0 fully saturated rings. The average Bonchev–Trinajstić information content (AvgIpc) is 3.70. The van der Waals surface area contributed by atoms with Crippen LogP contribution in [-0.2, 0) is 33.1 Å². The van der Waals surface area contributed by atoms with Gasteiger partial charge >= 0.3 is 0 Å². The molecule has 8 rings (SSSR count). The van der Waals surface area contributed by atoms with Gasteiger partial charge in [0.25, 0.3) is 0 Å². The smallest absolute Gasteiger partial charge is 0.216 e. The van der Waals surface area contributed by atoms with E-state index in [2.05, 4.69) is 105 Å². The van der Waals surface area contributed by atoms with Crippen molar-refractivity contribution < 1.29 is 24.5 Å². The molecule has 0 saturated carbocycles. The standard InChI is InChI=1S/C26H18N3O.C18H24NSi.Ir/c1-2-29-23-14-7-6-13-22(23)27-25(29)20-12-8-11-18-19-15-16-21(17-9-4-3-5-10-17)28-26(19)30-24(18)20;1-14(2)11-16-12-17(15-9-7-6-8-10-15)19-13-18(16)20(3,4)5;/h3-11,13-16H,2H2,1H3;6-9,12-14H,11H2,1-5H3;/q2*-1;. The molecule has 0 N–H and O–H groups in total. The molecule has 5 nitrogen and oxygen atoms in total. The van der Waals surface area contributed by atoms with Gasteiger partial charge < -0.3 is 14.0 Å². The van der Waals surface area contributed by atoms with Crippen molar-refractivity contribution in [1.29, 1.82) is 0 Å². The molecule has 8 aromatic rings. The summed E-state index contributed by atoms with van der Waals surface area (Å²) in [7, 11) is -1.34. The molecule has 0 bridgehead atoms. The first-order valence-electron chi connectivity index (χ1n) is 17.4. The summed E-state index contributed by atoms with van der Waals surface area (Å²) >= 11 is 0. The van der Waals surface area contributed by atoms with Gasteiger partial charge in [0.15, 0.2) is 0 Å². The van der Waals surface area contributed by atoms with E-state index in [0.717, 1.165) is 74.3 Å². The van der Waals surface area contributed by atoms with Crippen molar-refractivity contribution in [3.05, 3.63) is 133 Å². The Morgan fingerprint density at radius 1 is 0.784 bits per heavy atom. The summed E-state index contributed by atoms with van der Waals surface area (Å²) in [5.41, 5.74) is 9.92. The van der Waals surface area contributed by atoms with Crippen molar-refractivity contribution in [2.24, 2.45) is 5.92 Å². The third-order valence-corrected chi connectivity index (χ3v) is 11.0. The Morgan fingerprint density at radius 3 is 2.27 bits per heavy atom. The molecule has 0 spiro atoms. The second kappa shape index (κ2) is 15.3. The second-order valence-corrected chi connectivity index (χ2v) is 19.2. The van der Waals surface area contributed by atoms with Gasteiger partial charge in [0, 0.05) is 43.8 Å². The van der Waals surface area contributed by atoms with Crippen LogP contribution in [0.15, 0.2) is 120 Å². The van der Waals surface area contributed by atoms with E-state index >= 15 is 0 Å². The van der Waals surface area contributed by atoms with Crippen LogP contribution in [0.1, 0.15) is 26.3 Å². The van der Waals surface area contributed by atoms with E-state index in [0.29, 0.717) is 11.6 Å². The quantitative estimate of drug-likeness (QED) is 0.118. The SMILES string of the molecule is CC(C)Cc1cc(-c2[c-]cccc2)ncc1[Si](C)(C)C.CCn1c(-c2[c-]ccc3c2oc2nc(-c4ccccc4)ccc23)nc2ccccc21.[Ir]. The molecule has 259 valence electrons. The van der Waals surface area contributed by atoms with Crippen LogP contribution in [0.4, 0.5) is 0 Å². The van der Waals surface area contributed by atoms with Crippen molar-refractivity contribution in [3.63, 3.8) is 0 Å². The number of pyridine rings is 2. The van der Waals surface area contributed by atoms with E-state index in [1.54, 1.807) is 0 Å². The molecule has 0 aliphatic heterocycles. The van der Waals surface area contributed by atoms with E-state index in [1.807, 2.05) is 72.8 Å². The number of para-hydroxylation sites is 2. The van der Waals surface area contributed by atoms with Crippen LogP contribution in [0.25, 0.3) is 67.0 Å². The van der Waals surface area contributed by atoms with Gasteiger partial charge in [-0.1, -0.05) is 98.5 Å². The zero-order chi connectivity index (χ0) is 34.8. The number of hydrogen-bond acceptors (Lipinski definition) is 4.